The molecule has 0 saturated heterocycles. The monoisotopic (exact) mass is 200 g/mol. The van der Waals surface area contributed by atoms with Crippen molar-refractivity contribution in [2.24, 2.45) is 0 Å². The molecule has 0 aliphatic carbocycles. The summed E-state index contributed by atoms with van der Waals surface area (Å²) in [5.41, 5.74) is 0. The third-order valence-corrected chi connectivity index (χ3v) is 0. The Balaban J connectivity index is 0. The van der Waals surface area contributed by atoms with Gasteiger partial charge in [0, 0.05) is 0 Å². The van der Waals surface area contributed by atoms with Gasteiger partial charge in [0.25, 0.3) is 0 Å². The van der Waals surface area contributed by atoms with Crippen LogP contribution >= 0.6 is 22.9 Å². The molecule has 7 heavy (non-hydrogen) atoms. The standard InChI is InChI=1S/C3H9Ge.BCl2/c1-4(2)3;2-1-3/h1-3H3;. The van der Waals surface area contributed by atoms with Gasteiger partial charge in [0.05, 0.1) is 0 Å². The summed E-state index contributed by atoms with van der Waals surface area (Å²) in [4.78, 5) is 0. The van der Waals surface area contributed by atoms with Gasteiger partial charge in [-0.15, -0.1) is 0 Å². The predicted octanol–water partition coefficient (Wildman–Crippen LogP) is 2.37. The Morgan fingerprint density at radius 2 is 1.14 bits per heavy atom. The molecule has 0 spiro atoms. The number of hydrogen-bond donors (Lipinski definition) is 0. The van der Waals surface area contributed by atoms with Gasteiger partial charge >= 0.3 is 37.7 Å². The first-order chi connectivity index (χ1) is 3.15. The minimum atomic E-state index is -0.333. The van der Waals surface area contributed by atoms with Crippen LogP contribution in [0.5, 0.6) is 0 Å². The Morgan fingerprint density at radius 1 is 1.14 bits per heavy atom. The predicted molar refractivity (Wildman–Crippen MR) is 40.8 cm³/mol. The average Bonchev–Trinajstić information content (AvgIpc) is 1.33. The first-order valence-corrected chi connectivity index (χ1v) is 9.10. The first kappa shape index (κ1) is 11.0. The third kappa shape index (κ3) is 137. The van der Waals surface area contributed by atoms with Crippen LogP contribution in [0.2, 0.25) is 17.3 Å². The fourth-order valence-electron chi connectivity index (χ4n) is 0. The van der Waals surface area contributed by atoms with Crippen molar-refractivity contribution in [3.05, 3.63) is 0 Å². The van der Waals surface area contributed by atoms with E-state index < -0.39 is 0 Å². The molecule has 0 rings (SSSR count). The molecule has 0 aromatic heterocycles. The van der Waals surface area contributed by atoms with Crippen molar-refractivity contribution in [2.45, 2.75) is 17.3 Å². The van der Waals surface area contributed by atoms with Gasteiger partial charge in [0.15, 0.2) is 0 Å². The summed E-state index contributed by atoms with van der Waals surface area (Å²) in [5.74, 6) is 7.00. The summed E-state index contributed by atoms with van der Waals surface area (Å²) in [6.45, 7) is 0. The zero-order chi connectivity index (χ0) is 6.28. The molecule has 0 fully saturated rings. The number of hydrogen-bond acceptors (Lipinski definition) is 0. The molecule has 2 radical (unpaired) electrons. The van der Waals surface area contributed by atoms with E-state index in [0.717, 1.165) is 6.11 Å². The normalized spacial score (nSPS) is 7.14. The molecule has 0 bridgehead atoms. The van der Waals surface area contributed by atoms with Gasteiger partial charge in [-0.1, -0.05) is 0 Å². The molecule has 0 atom stereocenters. The van der Waals surface area contributed by atoms with E-state index in [4.69, 9.17) is 0 Å². The van der Waals surface area contributed by atoms with Crippen LogP contribution in [0.15, 0.2) is 0 Å². The summed E-state index contributed by atoms with van der Waals surface area (Å²) in [7, 11) is 0. The molecule has 0 amide bonds. The van der Waals surface area contributed by atoms with Crippen molar-refractivity contribution in [3.63, 3.8) is 0 Å². The average molecular weight is 199 g/mol. The summed E-state index contributed by atoms with van der Waals surface area (Å²) in [6.07, 6.45) is 0.944. The van der Waals surface area contributed by atoms with Crippen molar-refractivity contribution in [3.8, 4) is 0 Å². The second-order valence-corrected chi connectivity index (χ2v) is 8.54. The van der Waals surface area contributed by atoms with Crippen LogP contribution in [-0.2, 0) is 0 Å². The van der Waals surface area contributed by atoms with Crippen molar-refractivity contribution in [1.29, 1.82) is 0 Å². The molecule has 0 aliphatic rings. The van der Waals surface area contributed by atoms with Crippen molar-refractivity contribution < 1.29 is 0 Å². The van der Waals surface area contributed by atoms with E-state index in [0.29, 0.717) is 0 Å². The quantitative estimate of drug-likeness (QED) is 0.526. The zero-order valence-electron chi connectivity index (χ0n) is 4.83. The van der Waals surface area contributed by atoms with E-state index in [9.17, 15) is 0 Å². The summed E-state index contributed by atoms with van der Waals surface area (Å²) in [6, 6.07) is 0. The van der Waals surface area contributed by atoms with Gasteiger partial charge in [-0.25, -0.2) is 0 Å². The fraction of sp³-hybridized carbons (Fsp3) is 1.00. The van der Waals surface area contributed by atoms with Crippen LogP contribution in [0.25, 0.3) is 0 Å². The van der Waals surface area contributed by atoms with Gasteiger partial charge in [-0.2, -0.15) is 22.9 Å². The van der Waals surface area contributed by atoms with Crippen molar-refractivity contribution in [2.75, 3.05) is 0 Å². The maximum atomic E-state index is 4.64. The molecule has 0 unspecified atom stereocenters. The maximum absolute atomic E-state index is 4.64. The van der Waals surface area contributed by atoms with E-state index in [2.05, 4.69) is 40.2 Å². The van der Waals surface area contributed by atoms with Gasteiger partial charge in [0.1, 0.15) is 0 Å². The Labute approximate surface area is 60.8 Å². The number of rotatable bonds is 0. The molecular formula is C3H9BCl2Ge. The second kappa shape index (κ2) is 10.2. The van der Waals surface area contributed by atoms with Gasteiger partial charge in [-0.05, 0) is 0 Å². The van der Waals surface area contributed by atoms with Crippen LogP contribution in [0.1, 0.15) is 0 Å². The van der Waals surface area contributed by atoms with Crippen LogP contribution in [-0.4, -0.2) is 20.5 Å². The zero-order valence-corrected chi connectivity index (χ0v) is 8.44. The molecule has 0 heterocycles. The van der Waals surface area contributed by atoms with Gasteiger partial charge in [0.2, 0.25) is 0 Å². The molecular weight excluding hydrogens is 190 g/mol. The fourth-order valence-corrected chi connectivity index (χ4v) is 0. The van der Waals surface area contributed by atoms with Gasteiger partial charge in [-0.3, -0.25) is 0 Å². The van der Waals surface area contributed by atoms with Crippen molar-refractivity contribution >= 4 is 43.4 Å². The molecule has 4 heteroatoms. The van der Waals surface area contributed by atoms with E-state index in [1.54, 1.807) is 0 Å². The Kier molecular flexibility index (Phi) is 16.1. The van der Waals surface area contributed by atoms with Crippen LogP contribution in [0, 0.1) is 0 Å². The van der Waals surface area contributed by atoms with E-state index >= 15 is 0 Å². The summed E-state index contributed by atoms with van der Waals surface area (Å²) in [5, 5.41) is 0. The topological polar surface area (TPSA) is 0 Å². The van der Waals surface area contributed by atoms with Gasteiger partial charge < -0.3 is 0 Å². The van der Waals surface area contributed by atoms with Crippen molar-refractivity contribution in [1.82, 2.24) is 0 Å². The molecule has 0 nitrogen and oxygen atoms in total. The van der Waals surface area contributed by atoms with Crippen LogP contribution in [0.4, 0.5) is 0 Å². The summed E-state index contributed by atoms with van der Waals surface area (Å²) >= 11 is 8.94. The van der Waals surface area contributed by atoms with E-state index in [1.165, 1.54) is 0 Å². The molecule has 42 valence electrons. The Hall–Kier alpha value is 1.19. The molecule has 0 saturated carbocycles. The first-order valence-electron chi connectivity index (χ1n) is 1.94. The second-order valence-electron chi connectivity index (χ2n) is 1.58. The van der Waals surface area contributed by atoms with Crippen LogP contribution in [0.3, 0.4) is 0 Å². The number of halogens is 2. The minimum absolute atomic E-state index is 0.333. The molecule has 0 aromatic rings. The van der Waals surface area contributed by atoms with Crippen LogP contribution < -0.4 is 0 Å². The third-order valence-electron chi connectivity index (χ3n) is 0. The Bertz CT molecular complexity index is 24.1. The van der Waals surface area contributed by atoms with E-state index in [1.807, 2.05) is 0 Å². The molecule has 0 aliphatic heterocycles. The summed E-state index contributed by atoms with van der Waals surface area (Å²) < 4.78 is 0. The van der Waals surface area contributed by atoms with E-state index in [-0.39, 0.29) is 14.3 Å². The Morgan fingerprint density at radius 3 is 1.14 bits per heavy atom. The molecule has 0 N–H and O–H groups in total. The molecule has 0 aromatic carbocycles. The SMILES string of the molecule is Cl[B]Cl.[CH3][Ge]([CH3])[CH3].